The normalized spacial score (nSPS) is 10.6. The summed E-state index contributed by atoms with van der Waals surface area (Å²) in [4.78, 5) is 0. The van der Waals surface area contributed by atoms with Gasteiger partial charge >= 0.3 is 0 Å². The Morgan fingerprint density at radius 2 is 2.00 bits per heavy atom. The standard InChI is InChI=1S/C16H23N3O2/c1-3-7-17-11-14-5-4-6-15(10-14)20-8-9-21-16-12-18-19(2)13-16/h4-6,10,12-13,17H,3,7-9,11H2,1-2H3. The van der Waals surface area contributed by atoms with Crippen LogP contribution in [0, 0.1) is 0 Å². The Morgan fingerprint density at radius 1 is 1.19 bits per heavy atom. The fourth-order valence-corrected chi connectivity index (χ4v) is 1.95. The maximum absolute atomic E-state index is 5.70. The molecular weight excluding hydrogens is 266 g/mol. The van der Waals surface area contributed by atoms with Crippen molar-refractivity contribution in [1.29, 1.82) is 0 Å². The zero-order valence-electron chi connectivity index (χ0n) is 12.7. The fraction of sp³-hybridized carbons (Fsp3) is 0.438. The summed E-state index contributed by atoms with van der Waals surface area (Å²) in [5, 5.41) is 7.42. The van der Waals surface area contributed by atoms with Gasteiger partial charge in [0, 0.05) is 13.6 Å². The van der Waals surface area contributed by atoms with Crippen LogP contribution in [0.1, 0.15) is 18.9 Å². The summed E-state index contributed by atoms with van der Waals surface area (Å²) < 4.78 is 13.0. The highest BCUT2D eigenvalue weighted by Crippen LogP contribution is 2.13. The number of nitrogens with one attached hydrogen (secondary N) is 1. The summed E-state index contributed by atoms with van der Waals surface area (Å²) in [6.07, 6.45) is 4.67. The van der Waals surface area contributed by atoms with Gasteiger partial charge in [-0.3, -0.25) is 4.68 Å². The quantitative estimate of drug-likeness (QED) is 0.720. The van der Waals surface area contributed by atoms with Crippen molar-refractivity contribution in [3.05, 3.63) is 42.2 Å². The van der Waals surface area contributed by atoms with Crippen LogP contribution in [-0.4, -0.2) is 29.5 Å². The van der Waals surface area contributed by atoms with Crippen LogP contribution in [0.15, 0.2) is 36.7 Å². The highest BCUT2D eigenvalue weighted by atomic mass is 16.5. The molecule has 5 nitrogen and oxygen atoms in total. The van der Waals surface area contributed by atoms with E-state index in [1.54, 1.807) is 10.9 Å². The molecule has 1 N–H and O–H groups in total. The number of nitrogens with zero attached hydrogens (tertiary/aromatic N) is 2. The first-order chi connectivity index (χ1) is 10.3. The van der Waals surface area contributed by atoms with E-state index >= 15 is 0 Å². The Kier molecular flexibility index (Phi) is 6.09. The van der Waals surface area contributed by atoms with Gasteiger partial charge in [0.2, 0.25) is 0 Å². The molecule has 0 aliphatic heterocycles. The first-order valence-electron chi connectivity index (χ1n) is 7.32. The Hall–Kier alpha value is -2.01. The largest absolute Gasteiger partial charge is 0.490 e. The molecule has 0 bridgehead atoms. The van der Waals surface area contributed by atoms with Crippen molar-refractivity contribution in [2.45, 2.75) is 19.9 Å². The third-order valence-corrected chi connectivity index (χ3v) is 2.96. The van der Waals surface area contributed by atoms with Crippen molar-refractivity contribution < 1.29 is 9.47 Å². The molecule has 0 aliphatic carbocycles. The van der Waals surface area contributed by atoms with Crippen LogP contribution in [0.5, 0.6) is 11.5 Å². The molecule has 5 heteroatoms. The van der Waals surface area contributed by atoms with E-state index in [1.165, 1.54) is 5.56 Å². The highest BCUT2D eigenvalue weighted by molar-refractivity contribution is 5.28. The van der Waals surface area contributed by atoms with Crippen LogP contribution in [0.3, 0.4) is 0 Å². The van der Waals surface area contributed by atoms with Crippen LogP contribution < -0.4 is 14.8 Å². The van der Waals surface area contributed by atoms with E-state index in [0.717, 1.165) is 31.0 Å². The lowest BCUT2D eigenvalue weighted by atomic mass is 10.2. The van der Waals surface area contributed by atoms with Crippen molar-refractivity contribution in [1.82, 2.24) is 15.1 Å². The third-order valence-electron chi connectivity index (χ3n) is 2.96. The van der Waals surface area contributed by atoms with Gasteiger partial charge in [-0.1, -0.05) is 19.1 Å². The molecule has 21 heavy (non-hydrogen) atoms. The van der Waals surface area contributed by atoms with E-state index in [9.17, 15) is 0 Å². The van der Waals surface area contributed by atoms with E-state index in [2.05, 4.69) is 29.5 Å². The number of aryl methyl sites for hydroxylation is 1. The average Bonchev–Trinajstić information content (AvgIpc) is 2.90. The molecule has 0 atom stereocenters. The lowest BCUT2D eigenvalue weighted by Gasteiger charge is -2.09. The lowest BCUT2D eigenvalue weighted by molar-refractivity contribution is 0.217. The molecule has 1 aromatic heterocycles. The molecule has 114 valence electrons. The minimum atomic E-state index is 0.504. The summed E-state index contributed by atoms with van der Waals surface area (Å²) in [5.41, 5.74) is 1.23. The average molecular weight is 289 g/mol. The number of hydrogen-bond donors (Lipinski definition) is 1. The van der Waals surface area contributed by atoms with Crippen LogP contribution >= 0.6 is 0 Å². The van der Waals surface area contributed by atoms with Crippen LogP contribution in [0.2, 0.25) is 0 Å². The van der Waals surface area contributed by atoms with Gasteiger partial charge in [0.1, 0.15) is 19.0 Å². The van der Waals surface area contributed by atoms with Gasteiger partial charge in [-0.2, -0.15) is 5.10 Å². The van der Waals surface area contributed by atoms with E-state index in [4.69, 9.17) is 9.47 Å². The van der Waals surface area contributed by atoms with Gasteiger partial charge < -0.3 is 14.8 Å². The first kappa shape index (κ1) is 15.4. The van der Waals surface area contributed by atoms with Gasteiger partial charge in [-0.15, -0.1) is 0 Å². The topological polar surface area (TPSA) is 48.3 Å². The summed E-state index contributed by atoms with van der Waals surface area (Å²) in [6, 6.07) is 8.14. The highest BCUT2D eigenvalue weighted by Gasteiger charge is 1.99. The van der Waals surface area contributed by atoms with E-state index in [-0.39, 0.29) is 0 Å². The number of ether oxygens (including phenoxy) is 2. The molecular formula is C16H23N3O2. The summed E-state index contributed by atoms with van der Waals surface area (Å²) in [5.74, 6) is 1.64. The first-order valence-corrected chi connectivity index (χ1v) is 7.32. The molecule has 2 aromatic rings. The number of hydrogen-bond acceptors (Lipinski definition) is 4. The second-order valence-corrected chi connectivity index (χ2v) is 4.87. The number of aromatic nitrogens is 2. The summed E-state index contributed by atoms with van der Waals surface area (Å²) in [7, 11) is 1.86. The number of rotatable bonds is 9. The Balaban J connectivity index is 1.71. The van der Waals surface area contributed by atoms with Crippen LogP contribution in [0.25, 0.3) is 0 Å². The maximum atomic E-state index is 5.70. The lowest BCUT2D eigenvalue weighted by Crippen LogP contribution is -2.14. The smallest absolute Gasteiger partial charge is 0.157 e. The predicted octanol–water partition coefficient (Wildman–Crippen LogP) is 2.38. The molecule has 0 saturated heterocycles. The molecule has 0 spiro atoms. The zero-order chi connectivity index (χ0) is 14.9. The SMILES string of the molecule is CCCNCc1cccc(OCCOc2cnn(C)c2)c1. The van der Waals surface area contributed by atoms with Crippen molar-refractivity contribution in [2.75, 3.05) is 19.8 Å². The van der Waals surface area contributed by atoms with Crippen molar-refractivity contribution >= 4 is 0 Å². The second-order valence-electron chi connectivity index (χ2n) is 4.87. The Morgan fingerprint density at radius 3 is 2.71 bits per heavy atom. The van der Waals surface area contributed by atoms with Gasteiger partial charge in [0.15, 0.2) is 5.75 Å². The molecule has 0 amide bonds. The second kappa shape index (κ2) is 8.32. The molecule has 1 aromatic carbocycles. The monoisotopic (exact) mass is 289 g/mol. The van der Waals surface area contributed by atoms with E-state index in [0.29, 0.717) is 13.2 Å². The fourth-order valence-electron chi connectivity index (χ4n) is 1.95. The van der Waals surface area contributed by atoms with Crippen molar-refractivity contribution in [3.63, 3.8) is 0 Å². The Labute approximate surface area is 125 Å². The predicted molar refractivity (Wildman–Crippen MR) is 82.6 cm³/mol. The molecule has 0 aliphatic rings. The van der Waals surface area contributed by atoms with Crippen molar-refractivity contribution in [2.24, 2.45) is 7.05 Å². The summed E-state index contributed by atoms with van der Waals surface area (Å²) in [6.45, 7) is 5.08. The van der Waals surface area contributed by atoms with Gasteiger partial charge in [-0.25, -0.2) is 0 Å². The third kappa shape index (κ3) is 5.47. The van der Waals surface area contributed by atoms with E-state index in [1.807, 2.05) is 25.4 Å². The molecule has 0 fully saturated rings. The minimum Gasteiger partial charge on any atom is -0.490 e. The summed E-state index contributed by atoms with van der Waals surface area (Å²) >= 11 is 0. The molecule has 0 saturated carbocycles. The van der Waals surface area contributed by atoms with Crippen molar-refractivity contribution in [3.8, 4) is 11.5 Å². The Bertz CT molecular complexity index is 540. The van der Waals surface area contributed by atoms with E-state index < -0.39 is 0 Å². The number of benzene rings is 1. The molecule has 2 rings (SSSR count). The maximum Gasteiger partial charge on any atom is 0.157 e. The minimum absolute atomic E-state index is 0.504. The van der Waals surface area contributed by atoms with Gasteiger partial charge in [0.05, 0.1) is 12.4 Å². The molecule has 1 heterocycles. The molecule has 0 radical (unpaired) electrons. The van der Waals surface area contributed by atoms with Crippen LogP contribution in [-0.2, 0) is 13.6 Å². The van der Waals surface area contributed by atoms with Crippen LogP contribution in [0.4, 0.5) is 0 Å². The van der Waals surface area contributed by atoms with Gasteiger partial charge in [0.25, 0.3) is 0 Å². The zero-order valence-corrected chi connectivity index (χ0v) is 12.7. The molecule has 0 unspecified atom stereocenters. The van der Waals surface area contributed by atoms with Gasteiger partial charge in [-0.05, 0) is 30.7 Å².